The van der Waals surface area contributed by atoms with Crippen LogP contribution in [0.15, 0.2) is 18.2 Å². The van der Waals surface area contributed by atoms with E-state index < -0.39 is 0 Å². The smallest absolute Gasteiger partial charge is 0.254 e. The maximum atomic E-state index is 12.6. The zero-order valence-electron chi connectivity index (χ0n) is 10.9. The van der Waals surface area contributed by atoms with Gasteiger partial charge >= 0.3 is 0 Å². The number of rotatable bonds is 1. The largest absolute Gasteiger partial charge is 0.508 e. The van der Waals surface area contributed by atoms with Crippen LogP contribution in [0.3, 0.4) is 0 Å². The third kappa shape index (κ3) is 2.27. The molecule has 2 atom stereocenters. The molecule has 1 aromatic rings. The SMILES string of the molecule is O=C(c1cc(O)cc(O)c1)N1CCCC2CCCC21. The molecule has 1 saturated heterocycles. The maximum Gasteiger partial charge on any atom is 0.254 e. The fraction of sp³-hybridized carbons (Fsp3) is 0.533. The number of phenolic OH excluding ortho intramolecular Hbond substituents is 2. The lowest BCUT2D eigenvalue weighted by Crippen LogP contribution is -2.46. The molecule has 1 amide bonds. The van der Waals surface area contributed by atoms with E-state index in [1.165, 1.54) is 37.5 Å². The molecule has 1 aliphatic carbocycles. The first-order valence-corrected chi connectivity index (χ1v) is 6.99. The number of fused-ring (bicyclic) bond motifs is 1. The van der Waals surface area contributed by atoms with Gasteiger partial charge in [-0.3, -0.25) is 4.79 Å². The molecule has 0 bridgehead atoms. The summed E-state index contributed by atoms with van der Waals surface area (Å²) in [5.74, 6) is 0.443. The van der Waals surface area contributed by atoms with E-state index in [0.29, 0.717) is 17.5 Å². The van der Waals surface area contributed by atoms with E-state index in [-0.39, 0.29) is 17.4 Å². The Labute approximate surface area is 112 Å². The third-order valence-electron chi connectivity index (χ3n) is 4.40. The molecule has 19 heavy (non-hydrogen) atoms. The number of amides is 1. The average molecular weight is 261 g/mol. The minimum absolute atomic E-state index is 0.0664. The quantitative estimate of drug-likeness (QED) is 0.816. The van der Waals surface area contributed by atoms with E-state index >= 15 is 0 Å². The molecule has 102 valence electrons. The normalized spacial score (nSPS) is 26.2. The van der Waals surface area contributed by atoms with Crippen LogP contribution >= 0.6 is 0 Å². The summed E-state index contributed by atoms with van der Waals surface area (Å²) < 4.78 is 0. The van der Waals surface area contributed by atoms with Crippen LogP contribution in [0, 0.1) is 5.92 Å². The van der Waals surface area contributed by atoms with Crippen LogP contribution in [0.5, 0.6) is 11.5 Å². The second-order valence-corrected chi connectivity index (χ2v) is 5.64. The van der Waals surface area contributed by atoms with E-state index in [1.54, 1.807) is 0 Å². The van der Waals surface area contributed by atoms with Gasteiger partial charge in [0.05, 0.1) is 0 Å². The summed E-state index contributed by atoms with van der Waals surface area (Å²) in [5, 5.41) is 19.0. The van der Waals surface area contributed by atoms with Crippen molar-refractivity contribution in [3.63, 3.8) is 0 Å². The highest BCUT2D eigenvalue weighted by molar-refractivity contribution is 5.95. The monoisotopic (exact) mass is 261 g/mol. The molecule has 2 unspecified atom stereocenters. The Morgan fingerprint density at radius 1 is 1.05 bits per heavy atom. The summed E-state index contributed by atoms with van der Waals surface area (Å²) in [4.78, 5) is 14.5. The second kappa shape index (κ2) is 4.76. The molecule has 2 N–H and O–H groups in total. The van der Waals surface area contributed by atoms with Crippen LogP contribution in [0.4, 0.5) is 0 Å². The number of piperidine rings is 1. The van der Waals surface area contributed by atoms with Crippen LogP contribution in [-0.4, -0.2) is 33.6 Å². The van der Waals surface area contributed by atoms with Gasteiger partial charge in [0, 0.05) is 24.2 Å². The van der Waals surface area contributed by atoms with Gasteiger partial charge in [-0.1, -0.05) is 6.42 Å². The fourth-order valence-electron chi connectivity index (χ4n) is 3.59. The molecule has 1 aromatic carbocycles. The molecule has 4 heteroatoms. The van der Waals surface area contributed by atoms with E-state index in [9.17, 15) is 15.0 Å². The molecule has 1 aliphatic heterocycles. The molecule has 2 aliphatic rings. The van der Waals surface area contributed by atoms with Crippen molar-refractivity contribution in [3.8, 4) is 11.5 Å². The highest BCUT2D eigenvalue weighted by Gasteiger charge is 2.37. The minimum Gasteiger partial charge on any atom is -0.508 e. The summed E-state index contributed by atoms with van der Waals surface area (Å²) in [5.41, 5.74) is 0.380. The fourth-order valence-corrected chi connectivity index (χ4v) is 3.59. The molecular weight excluding hydrogens is 242 g/mol. The summed E-state index contributed by atoms with van der Waals surface area (Å²) in [6.45, 7) is 0.788. The molecule has 0 aromatic heterocycles. The van der Waals surface area contributed by atoms with Gasteiger partial charge in [0.25, 0.3) is 5.91 Å². The Morgan fingerprint density at radius 2 is 1.74 bits per heavy atom. The Hall–Kier alpha value is -1.71. The first-order valence-electron chi connectivity index (χ1n) is 6.99. The maximum absolute atomic E-state index is 12.6. The predicted molar refractivity (Wildman–Crippen MR) is 71.2 cm³/mol. The Balaban J connectivity index is 1.86. The van der Waals surface area contributed by atoms with Gasteiger partial charge in [-0.25, -0.2) is 0 Å². The van der Waals surface area contributed by atoms with Crippen LogP contribution in [-0.2, 0) is 0 Å². The van der Waals surface area contributed by atoms with Crippen LogP contribution < -0.4 is 0 Å². The lowest BCUT2D eigenvalue weighted by atomic mass is 9.91. The summed E-state index contributed by atoms with van der Waals surface area (Å²) in [6, 6.07) is 4.46. The van der Waals surface area contributed by atoms with Crippen molar-refractivity contribution in [1.29, 1.82) is 0 Å². The number of hydrogen-bond acceptors (Lipinski definition) is 3. The number of phenols is 2. The lowest BCUT2D eigenvalue weighted by molar-refractivity contribution is 0.0547. The highest BCUT2D eigenvalue weighted by atomic mass is 16.3. The summed E-state index contributed by atoms with van der Waals surface area (Å²) >= 11 is 0. The number of carbonyl (C=O) groups is 1. The van der Waals surface area contributed by atoms with Gasteiger partial charge in [0.15, 0.2) is 0 Å². The molecule has 0 spiro atoms. The topological polar surface area (TPSA) is 60.8 Å². The van der Waals surface area contributed by atoms with Crippen molar-refractivity contribution < 1.29 is 15.0 Å². The lowest BCUT2D eigenvalue weighted by Gasteiger charge is -2.37. The van der Waals surface area contributed by atoms with E-state index in [2.05, 4.69) is 0 Å². The standard InChI is InChI=1S/C15H19NO3/c17-12-7-11(8-13(18)9-12)15(19)16-6-2-4-10-3-1-5-14(10)16/h7-10,14,17-18H,1-6H2. The molecular formula is C15H19NO3. The Bertz CT molecular complexity index is 480. The van der Waals surface area contributed by atoms with Gasteiger partial charge in [-0.15, -0.1) is 0 Å². The third-order valence-corrected chi connectivity index (χ3v) is 4.40. The molecule has 1 heterocycles. The Kier molecular flexibility index (Phi) is 3.09. The number of benzene rings is 1. The first kappa shape index (κ1) is 12.3. The summed E-state index contributed by atoms with van der Waals surface area (Å²) in [6.07, 6.45) is 5.78. The minimum atomic E-state index is -0.0669. The number of hydrogen-bond donors (Lipinski definition) is 2. The highest BCUT2D eigenvalue weighted by Crippen LogP contribution is 2.37. The first-order chi connectivity index (χ1) is 9.15. The molecule has 2 fully saturated rings. The predicted octanol–water partition coefficient (Wildman–Crippen LogP) is 2.50. The number of carbonyl (C=O) groups excluding carboxylic acids is 1. The van der Waals surface area contributed by atoms with E-state index in [4.69, 9.17) is 0 Å². The second-order valence-electron chi connectivity index (χ2n) is 5.64. The van der Waals surface area contributed by atoms with Gasteiger partial charge in [-0.2, -0.15) is 0 Å². The zero-order valence-corrected chi connectivity index (χ0v) is 10.9. The van der Waals surface area contributed by atoms with Gasteiger partial charge in [0.1, 0.15) is 11.5 Å². The van der Waals surface area contributed by atoms with Gasteiger partial charge < -0.3 is 15.1 Å². The molecule has 0 radical (unpaired) electrons. The van der Waals surface area contributed by atoms with Crippen molar-refractivity contribution in [2.75, 3.05) is 6.54 Å². The average Bonchev–Trinajstić information content (AvgIpc) is 2.84. The van der Waals surface area contributed by atoms with E-state index in [0.717, 1.165) is 19.4 Å². The number of nitrogens with zero attached hydrogens (tertiary/aromatic N) is 1. The molecule has 4 nitrogen and oxygen atoms in total. The van der Waals surface area contributed by atoms with Crippen LogP contribution in [0.1, 0.15) is 42.5 Å². The molecule has 1 saturated carbocycles. The van der Waals surface area contributed by atoms with Crippen molar-refractivity contribution in [2.24, 2.45) is 5.92 Å². The van der Waals surface area contributed by atoms with Crippen LogP contribution in [0.2, 0.25) is 0 Å². The van der Waals surface area contributed by atoms with Crippen molar-refractivity contribution >= 4 is 5.91 Å². The van der Waals surface area contributed by atoms with E-state index in [1.807, 2.05) is 4.90 Å². The zero-order chi connectivity index (χ0) is 13.4. The summed E-state index contributed by atoms with van der Waals surface area (Å²) in [7, 11) is 0. The van der Waals surface area contributed by atoms with Gasteiger partial charge in [-0.05, 0) is 43.7 Å². The number of aromatic hydroxyl groups is 2. The van der Waals surface area contributed by atoms with Gasteiger partial charge in [0.2, 0.25) is 0 Å². The van der Waals surface area contributed by atoms with Crippen LogP contribution in [0.25, 0.3) is 0 Å². The Morgan fingerprint density at radius 3 is 2.47 bits per heavy atom. The number of likely N-dealkylation sites (tertiary alicyclic amines) is 1. The molecule has 3 rings (SSSR count). The van der Waals surface area contributed by atoms with Crippen molar-refractivity contribution in [1.82, 2.24) is 4.90 Å². The van der Waals surface area contributed by atoms with Crippen molar-refractivity contribution in [2.45, 2.75) is 38.1 Å². The van der Waals surface area contributed by atoms with Crippen molar-refractivity contribution in [3.05, 3.63) is 23.8 Å².